The van der Waals surface area contributed by atoms with Gasteiger partial charge in [0.2, 0.25) is 0 Å². The van der Waals surface area contributed by atoms with Crippen molar-refractivity contribution in [2.24, 2.45) is 5.92 Å². The van der Waals surface area contributed by atoms with E-state index >= 15 is 0 Å². The number of hydrogen-bond donors (Lipinski definition) is 0. The van der Waals surface area contributed by atoms with Gasteiger partial charge in [-0.1, -0.05) is 29.8 Å². The molecule has 0 spiro atoms. The van der Waals surface area contributed by atoms with Crippen LogP contribution in [0.25, 0.3) is 6.08 Å². The number of ketones is 1. The molecule has 0 aliphatic heterocycles. The first-order valence-electron chi connectivity index (χ1n) is 7.02. The highest BCUT2D eigenvalue weighted by Gasteiger charge is 2.26. The molecule has 102 valence electrons. The number of carbonyl (C=O) groups excluding carboxylic acids is 1. The van der Waals surface area contributed by atoms with E-state index in [4.69, 9.17) is 0 Å². The molecular formula is C17H23NO. The molecule has 1 aliphatic carbocycles. The summed E-state index contributed by atoms with van der Waals surface area (Å²) in [6, 6.07) is 8.37. The number of carbonyl (C=O) groups is 1. The van der Waals surface area contributed by atoms with Crippen LogP contribution in [0.5, 0.6) is 0 Å². The van der Waals surface area contributed by atoms with Crippen LogP contribution in [0.4, 0.5) is 0 Å². The summed E-state index contributed by atoms with van der Waals surface area (Å²) in [6.45, 7) is 2.94. The number of Topliss-reactive ketones (excluding diaryl/α,β-unsaturated/α-hetero) is 1. The number of hydrogen-bond acceptors (Lipinski definition) is 2. The molecular weight excluding hydrogens is 234 g/mol. The lowest BCUT2D eigenvalue weighted by atomic mass is 9.83. The second-order valence-corrected chi connectivity index (χ2v) is 5.80. The van der Waals surface area contributed by atoms with Crippen LogP contribution in [0.3, 0.4) is 0 Å². The van der Waals surface area contributed by atoms with Crippen molar-refractivity contribution >= 4 is 11.9 Å². The molecule has 0 aromatic heterocycles. The Labute approximate surface area is 116 Å². The van der Waals surface area contributed by atoms with Gasteiger partial charge in [-0.25, -0.2) is 0 Å². The molecule has 0 bridgehead atoms. The van der Waals surface area contributed by atoms with Crippen LogP contribution >= 0.6 is 0 Å². The molecule has 2 rings (SSSR count). The van der Waals surface area contributed by atoms with Gasteiger partial charge < -0.3 is 4.90 Å². The van der Waals surface area contributed by atoms with E-state index in [1.54, 1.807) is 0 Å². The molecule has 1 aliphatic rings. The van der Waals surface area contributed by atoms with Crippen LogP contribution in [0.15, 0.2) is 29.8 Å². The molecule has 0 unspecified atom stereocenters. The minimum Gasteiger partial charge on any atom is -0.309 e. The first-order valence-corrected chi connectivity index (χ1v) is 7.02. The standard InChI is InChI=1S/C17H23NO/c1-13-7-9-14(10-8-13)11-15-5-4-6-16(17(15)19)12-18(2)3/h7-11,16H,4-6,12H2,1-3H3/b15-11+/t16-/m1/s1. The van der Waals surface area contributed by atoms with Crippen LogP contribution in [0.1, 0.15) is 30.4 Å². The van der Waals surface area contributed by atoms with Crippen molar-refractivity contribution in [3.05, 3.63) is 41.0 Å². The van der Waals surface area contributed by atoms with E-state index in [2.05, 4.69) is 42.2 Å². The SMILES string of the molecule is Cc1ccc(/C=C2\CCC[C@H](CN(C)C)C2=O)cc1. The lowest BCUT2D eigenvalue weighted by Crippen LogP contribution is -2.31. The van der Waals surface area contributed by atoms with Crippen molar-refractivity contribution in [1.29, 1.82) is 0 Å². The number of benzene rings is 1. The van der Waals surface area contributed by atoms with Gasteiger partial charge in [-0.2, -0.15) is 0 Å². The third-order valence-corrected chi connectivity index (χ3v) is 3.69. The van der Waals surface area contributed by atoms with Crippen LogP contribution in [0.2, 0.25) is 0 Å². The summed E-state index contributed by atoms with van der Waals surface area (Å²) in [5.74, 6) is 0.529. The maximum absolute atomic E-state index is 12.4. The van der Waals surface area contributed by atoms with Gasteiger partial charge in [0.1, 0.15) is 0 Å². The molecule has 1 atom stereocenters. The Bertz CT molecular complexity index is 471. The fraction of sp³-hybridized carbons (Fsp3) is 0.471. The van der Waals surface area contributed by atoms with Crippen molar-refractivity contribution in [1.82, 2.24) is 4.90 Å². The fourth-order valence-electron chi connectivity index (χ4n) is 2.68. The summed E-state index contributed by atoms with van der Waals surface area (Å²) in [7, 11) is 4.07. The largest absolute Gasteiger partial charge is 0.309 e. The fourth-order valence-corrected chi connectivity index (χ4v) is 2.68. The van der Waals surface area contributed by atoms with E-state index in [1.807, 2.05) is 14.1 Å². The van der Waals surface area contributed by atoms with Gasteiger partial charge in [0, 0.05) is 12.5 Å². The number of rotatable bonds is 3. The Morgan fingerprint density at radius 1 is 1.26 bits per heavy atom. The topological polar surface area (TPSA) is 20.3 Å². The van der Waals surface area contributed by atoms with Gasteiger partial charge in [-0.3, -0.25) is 4.79 Å². The van der Waals surface area contributed by atoms with E-state index in [-0.39, 0.29) is 5.92 Å². The van der Waals surface area contributed by atoms with E-state index in [9.17, 15) is 4.79 Å². The first-order chi connectivity index (χ1) is 9.06. The van der Waals surface area contributed by atoms with E-state index in [0.29, 0.717) is 5.78 Å². The smallest absolute Gasteiger partial charge is 0.163 e. The zero-order valence-corrected chi connectivity index (χ0v) is 12.1. The molecule has 2 nitrogen and oxygen atoms in total. The van der Waals surface area contributed by atoms with Crippen molar-refractivity contribution in [2.75, 3.05) is 20.6 Å². The van der Waals surface area contributed by atoms with E-state index in [0.717, 1.165) is 36.9 Å². The molecule has 1 aromatic rings. The average molecular weight is 257 g/mol. The molecule has 0 N–H and O–H groups in total. The Balaban J connectivity index is 2.14. The first kappa shape index (κ1) is 14.0. The summed E-state index contributed by atoms with van der Waals surface area (Å²) in [5.41, 5.74) is 3.39. The van der Waals surface area contributed by atoms with Crippen molar-refractivity contribution < 1.29 is 4.79 Å². The predicted molar refractivity (Wildman–Crippen MR) is 80.1 cm³/mol. The van der Waals surface area contributed by atoms with Gasteiger partial charge in [0.15, 0.2) is 5.78 Å². The van der Waals surface area contributed by atoms with Crippen LogP contribution in [0, 0.1) is 12.8 Å². The zero-order chi connectivity index (χ0) is 13.8. The van der Waals surface area contributed by atoms with Crippen LogP contribution < -0.4 is 0 Å². The highest BCUT2D eigenvalue weighted by molar-refractivity contribution is 6.01. The molecule has 0 heterocycles. The van der Waals surface area contributed by atoms with Gasteiger partial charge in [0.05, 0.1) is 0 Å². The summed E-state index contributed by atoms with van der Waals surface area (Å²) in [5, 5.41) is 0. The summed E-state index contributed by atoms with van der Waals surface area (Å²) >= 11 is 0. The molecule has 2 heteroatoms. The maximum Gasteiger partial charge on any atom is 0.163 e. The van der Waals surface area contributed by atoms with Crippen molar-refractivity contribution in [2.45, 2.75) is 26.2 Å². The number of allylic oxidation sites excluding steroid dienone is 1. The summed E-state index contributed by atoms with van der Waals surface area (Å²) < 4.78 is 0. The lowest BCUT2D eigenvalue weighted by molar-refractivity contribution is -0.120. The third-order valence-electron chi connectivity index (χ3n) is 3.69. The molecule has 0 saturated heterocycles. The van der Waals surface area contributed by atoms with Crippen molar-refractivity contribution in [3.8, 4) is 0 Å². The molecule has 19 heavy (non-hydrogen) atoms. The second-order valence-electron chi connectivity index (χ2n) is 5.80. The highest BCUT2D eigenvalue weighted by atomic mass is 16.1. The summed E-state index contributed by atoms with van der Waals surface area (Å²) in [6.07, 6.45) is 5.16. The zero-order valence-electron chi connectivity index (χ0n) is 12.1. The maximum atomic E-state index is 12.4. The molecule has 0 amide bonds. The van der Waals surface area contributed by atoms with E-state index in [1.165, 1.54) is 5.56 Å². The molecule has 0 radical (unpaired) electrons. The highest BCUT2D eigenvalue weighted by Crippen LogP contribution is 2.27. The molecule has 1 saturated carbocycles. The number of aryl methyl sites for hydroxylation is 1. The van der Waals surface area contributed by atoms with E-state index < -0.39 is 0 Å². The Hall–Kier alpha value is -1.41. The van der Waals surface area contributed by atoms with Crippen LogP contribution in [-0.2, 0) is 4.79 Å². The van der Waals surface area contributed by atoms with Gasteiger partial charge in [-0.05, 0) is 57.5 Å². The minimum atomic E-state index is 0.181. The molecule has 1 fully saturated rings. The molecule has 1 aromatic carbocycles. The average Bonchev–Trinajstić information content (AvgIpc) is 2.36. The predicted octanol–water partition coefficient (Wildman–Crippen LogP) is 3.31. The third kappa shape index (κ3) is 3.77. The Morgan fingerprint density at radius 2 is 1.95 bits per heavy atom. The number of nitrogens with zero attached hydrogens (tertiary/aromatic N) is 1. The quantitative estimate of drug-likeness (QED) is 0.774. The lowest BCUT2D eigenvalue weighted by Gasteiger charge is -2.25. The second kappa shape index (κ2) is 6.16. The normalized spacial score (nSPS) is 22.2. The van der Waals surface area contributed by atoms with Crippen LogP contribution in [-0.4, -0.2) is 31.3 Å². The Kier molecular flexibility index (Phi) is 4.54. The minimum absolute atomic E-state index is 0.181. The Morgan fingerprint density at radius 3 is 2.58 bits per heavy atom. The van der Waals surface area contributed by atoms with Gasteiger partial charge in [0.25, 0.3) is 0 Å². The van der Waals surface area contributed by atoms with Crippen molar-refractivity contribution in [3.63, 3.8) is 0 Å². The van der Waals surface area contributed by atoms with Gasteiger partial charge >= 0.3 is 0 Å². The summed E-state index contributed by atoms with van der Waals surface area (Å²) in [4.78, 5) is 14.5. The monoisotopic (exact) mass is 257 g/mol. The van der Waals surface area contributed by atoms with Gasteiger partial charge in [-0.15, -0.1) is 0 Å².